The van der Waals surface area contributed by atoms with Gasteiger partial charge < -0.3 is 10.6 Å². The first-order chi connectivity index (χ1) is 10.6. The average molecular weight is 316 g/mol. The molecule has 22 heavy (non-hydrogen) atoms. The zero-order chi connectivity index (χ0) is 15.9. The van der Waals surface area contributed by atoms with Gasteiger partial charge in [-0.05, 0) is 30.4 Å². The molecule has 0 saturated heterocycles. The van der Waals surface area contributed by atoms with E-state index >= 15 is 0 Å². The van der Waals surface area contributed by atoms with Crippen LogP contribution in [0.1, 0.15) is 28.6 Å². The van der Waals surface area contributed by atoms with Gasteiger partial charge in [0.1, 0.15) is 0 Å². The van der Waals surface area contributed by atoms with Crippen molar-refractivity contribution in [3.63, 3.8) is 0 Å². The molecule has 2 rings (SSSR count). The highest BCUT2D eigenvalue weighted by Crippen LogP contribution is 2.28. The van der Waals surface area contributed by atoms with E-state index in [1.165, 1.54) is 16.9 Å². The first-order valence-corrected chi connectivity index (χ1v) is 8.19. The van der Waals surface area contributed by atoms with E-state index in [1.54, 1.807) is 0 Å². The third-order valence-corrected chi connectivity index (χ3v) is 4.13. The number of hydrogen-bond donors (Lipinski definition) is 2. The second kappa shape index (κ2) is 7.75. The minimum Gasteiger partial charge on any atom is -0.355 e. The number of nitrogens with one attached hydrogen (secondary N) is 2. The Balaban J connectivity index is 2.04. The fraction of sp³-hybridized carbons (Fsp3) is 0.294. The summed E-state index contributed by atoms with van der Waals surface area (Å²) in [5.74, 6) is -0.374. The van der Waals surface area contributed by atoms with Crippen molar-refractivity contribution in [2.75, 3.05) is 13.1 Å². The van der Waals surface area contributed by atoms with E-state index < -0.39 is 0 Å². The van der Waals surface area contributed by atoms with Crippen LogP contribution in [0.25, 0.3) is 11.1 Å². The maximum Gasteiger partial charge on any atom is 0.262 e. The van der Waals surface area contributed by atoms with Crippen LogP contribution in [-0.2, 0) is 4.79 Å². The second-order valence-corrected chi connectivity index (χ2v) is 5.98. The van der Waals surface area contributed by atoms with E-state index in [4.69, 9.17) is 0 Å². The van der Waals surface area contributed by atoms with Gasteiger partial charge in [-0.1, -0.05) is 36.8 Å². The van der Waals surface area contributed by atoms with Gasteiger partial charge in [0.2, 0.25) is 5.91 Å². The van der Waals surface area contributed by atoms with Gasteiger partial charge in [0.15, 0.2) is 0 Å². The maximum absolute atomic E-state index is 12.3. The van der Waals surface area contributed by atoms with Crippen molar-refractivity contribution in [1.29, 1.82) is 0 Å². The molecule has 1 heterocycles. The summed E-state index contributed by atoms with van der Waals surface area (Å²) < 4.78 is 0. The van der Waals surface area contributed by atoms with Crippen molar-refractivity contribution < 1.29 is 9.59 Å². The Morgan fingerprint density at radius 1 is 1.09 bits per heavy atom. The molecule has 0 saturated carbocycles. The zero-order valence-electron chi connectivity index (χ0n) is 12.8. The van der Waals surface area contributed by atoms with Crippen LogP contribution in [0.2, 0.25) is 0 Å². The van der Waals surface area contributed by atoms with Crippen LogP contribution in [0.4, 0.5) is 0 Å². The van der Waals surface area contributed by atoms with Crippen LogP contribution in [0.5, 0.6) is 0 Å². The summed E-state index contributed by atoms with van der Waals surface area (Å²) in [6.07, 6.45) is 0.877. The smallest absolute Gasteiger partial charge is 0.262 e. The molecule has 4 nitrogen and oxygen atoms in total. The number of thiophene rings is 1. The Morgan fingerprint density at radius 3 is 2.50 bits per heavy atom. The lowest BCUT2D eigenvalue weighted by Gasteiger charge is -2.07. The van der Waals surface area contributed by atoms with E-state index in [0.717, 1.165) is 17.5 Å². The molecule has 2 N–H and O–H groups in total. The summed E-state index contributed by atoms with van der Waals surface area (Å²) in [5, 5.41) is 7.30. The molecule has 2 aromatic rings. The number of benzene rings is 1. The molecular weight excluding hydrogens is 296 g/mol. The first-order valence-electron chi connectivity index (χ1n) is 7.31. The van der Waals surface area contributed by atoms with Crippen LogP contribution >= 0.6 is 11.3 Å². The molecule has 2 amide bonds. The summed E-state index contributed by atoms with van der Waals surface area (Å²) in [6.45, 7) is 4.64. The van der Waals surface area contributed by atoms with Crippen LogP contribution < -0.4 is 10.6 Å². The highest BCUT2D eigenvalue weighted by Gasteiger charge is 2.15. The molecule has 0 unspecified atom stereocenters. The van der Waals surface area contributed by atoms with Gasteiger partial charge >= 0.3 is 0 Å². The molecule has 1 aromatic carbocycles. The Morgan fingerprint density at radius 2 is 1.82 bits per heavy atom. The summed E-state index contributed by atoms with van der Waals surface area (Å²) in [4.78, 5) is 24.4. The van der Waals surface area contributed by atoms with E-state index in [9.17, 15) is 9.59 Å². The Bertz CT molecular complexity index is 647. The standard InChI is InChI=1S/C17H20N2O2S/c1-3-9-18-15(20)11-19-17(21)16-14(8-10-22-16)13-6-4-12(2)5-7-13/h4-8,10H,3,9,11H2,1-2H3,(H,18,20)(H,19,21). The highest BCUT2D eigenvalue weighted by molar-refractivity contribution is 7.12. The van der Waals surface area contributed by atoms with Crippen molar-refractivity contribution in [3.8, 4) is 11.1 Å². The third-order valence-electron chi connectivity index (χ3n) is 3.22. The average Bonchev–Trinajstić information content (AvgIpc) is 3.01. The fourth-order valence-corrected chi connectivity index (χ4v) is 2.85. The predicted octanol–water partition coefficient (Wildman–Crippen LogP) is 2.98. The van der Waals surface area contributed by atoms with E-state index in [-0.39, 0.29) is 18.4 Å². The van der Waals surface area contributed by atoms with Gasteiger partial charge in [-0.15, -0.1) is 11.3 Å². The van der Waals surface area contributed by atoms with Crippen molar-refractivity contribution in [2.45, 2.75) is 20.3 Å². The molecule has 116 valence electrons. The molecule has 0 fully saturated rings. The van der Waals surface area contributed by atoms with Gasteiger partial charge in [-0.2, -0.15) is 0 Å². The second-order valence-electron chi connectivity index (χ2n) is 5.06. The molecule has 0 aliphatic rings. The van der Waals surface area contributed by atoms with Crippen molar-refractivity contribution in [1.82, 2.24) is 10.6 Å². The minimum absolute atomic E-state index is 0.00404. The van der Waals surface area contributed by atoms with Crippen LogP contribution in [-0.4, -0.2) is 24.9 Å². The van der Waals surface area contributed by atoms with E-state index in [0.29, 0.717) is 11.4 Å². The lowest BCUT2D eigenvalue weighted by molar-refractivity contribution is -0.120. The number of carbonyl (C=O) groups is 2. The molecule has 1 aromatic heterocycles. The molecule has 0 aliphatic carbocycles. The summed E-state index contributed by atoms with van der Waals surface area (Å²) in [6, 6.07) is 9.98. The monoisotopic (exact) mass is 316 g/mol. The molecular formula is C17H20N2O2S. The van der Waals surface area contributed by atoms with Gasteiger partial charge in [0.05, 0.1) is 11.4 Å². The first kappa shape index (κ1) is 16.2. The number of carbonyl (C=O) groups excluding carboxylic acids is 2. The molecule has 0 atom stereocenters. The highest BCUT2D eigenvalue weighted by atomic mass is 32.1. The zero-order valence-corrected chi connectivity index (χ0v) is 13.6. The summed E-state index contributed by atoms with van der Waals surface area (Å²) >= 11 is 1.38. The lowest BCUT2D eigenvalue weighted by atomic mass is 10.0. The van der Waals surface area contributed by atoms with Crippen LogP contribution in [0.15, 0.2) is 35.7 Å². The lowest BCUT2D eigenvalue weighted by Crippen LogP contribution is -2.37. The van der Waals surface area contributed by atoms with E-state index in [1.807, 2.05) is 49.6 Å². The predicted molar refractivity (Wildman–Crippen MR) is 90.1 cm³/mol. The van der Waals surface area contributed by atoms with Crippen molar-refractivity contribution in [2.24, 2.45) is 0 Å². The quantitative estimate of drug-likeness (QED) is 0.861. The summed E-state index contributed by atoms with van der Waals surface area (Å²) in [5.41, 5.74) is 3.08. The number of hydrogen-bond acceptors (Lipinski definition) is 3. The molecule has 0 radical (unpaired) electrons. The molecule has 5 heteroatoms. The van der Waals surface area contributed by atoms with Gasteiger partial charge in [-0.3, -0.25) is 9.59 Å². The normalized spacial score (nSPS) is 10.3. The van der Waals surface area contributed by atoms with Crippen LogP contribution in [0, 0.1) is 6.92 Å². The largest absolute Gasteiger partial charge is 0.355 e. The topological polar surface area (TPSA) is 58.2 Å². The summed E-state index contributed by atoms with van der Waals surface area (Å²) in [7, 11) is 0. The van der Waals surface area contributed by atoms with Gasteiger partial charge in [0.25, 0.3) is 5.91 Å². The van der Waals surface area contributed by atoms with Gasteiger partial charge in [0, 0.05) is 12.1 Å². The van der Waals surface area contributed by atoms with Gasteiger partial charge in [-0.25, -0.2) is 0 Å². The minimum atomic E-state index is -0.211. The maximum atomic E-state index is 12.3. The molecule has 0 spiro atoms. The third kappa shape index (κ3) is 4.18. The number of rotatable bonds is 6. The van der Waals surface area contributed by atoms with Crippen molar-refractivity contribution >= 4 is 23.2 Å². The Kier molecular flexibility index (Phi) is 5.72. The van der Waals surface area contributed by atoms with Crippen molar-refractivity contribution in [3.05, 3.63) is 46.2 Å². The SMILES string of the molecule is CCCNC(=O)CNC(=O)c1sccc1-c1ccc(C)cc1. The number of aryl methyl sites for hydroxylation is 1. The van der Waals surface area contributed by atoms with Crippen LogP contribution in [0.3, 0.4) is 0 Å². The fourth-order valence-electron chi connectivity index (χ4n) is 2.01. The molecule has 0 bridgehead atoms. The Labute approximate surface area is 134 Å². The Hall–Kier alpha value is -2.14. The molecule has 0 aliphatic heterocycles. The van der Waals surface area contributed by atoms with E-state index in [2.05, 4.69) is 10.6 Å². The number of amides is 2.